The lowest BCUT2D eigenvalue weighted by molar-refractivity contribution is -0.112. The van der Waals surface area contributed by atoms with E-state index in [0.29, 0.717) is 5.69 Å². The molecule has 2 rings (SSSR count). The van der Waals surface area contributed by atoms with Gasteiger partial charge in [0.15, 0.2) is 12.1 Å². The van der Waals surface area contributed by atoms with Gasteiger partial charge in [0.2, 0.25) is 0 Å². The van der Waals surface area contributed by atoms with Crippen LogP contribution in [0.5, 0.6) is 0 Å². The van der Waals surface area contributed by atoms with Gasteiger partial charge in [0.1, 0.15) is 17.1 Å². The molecule has 1 aromatic rings. The molecule has 1 aliphatic rings. The molecular formula is C12H19Cl2N2O12P3. The first-order chi connectivity index (χ1) is 14.0. The highest BCUT2D eigenvalue weighted by molar-refractivity contribution is 7.73. The Morgan fingerprint density at radius 3 is 2.42 bits per heavy atom. The Kier molecular flexibility index (Phi) is 8.38. The van der Waals surface area contributed by atoms with E-state index in [1.165, 1.54) is 12.3 Å². The highest BCUT2D eigenvalue weighted by Gasteiger charge is 2.56. The standard InChI is InChI=1S/C12H19Cl2N2O12P3/c1-7-2-3-16(11(18)15-7)10-8(14)9(17)12(4-13,27-10)5-26-31(24,25)28-30(22,23)6-29(19,20)21/h2-3,8-10,17H,4-6H2,1H3,(H,22,23)(H,24,25)(H2,19,20,21)/t8-,9+,10-,12-/m1/s1. The molecular weight excluding hydrogens is 528 g/mol. The molecule has 31 heavy (non-hydrogen) atoms. The van der Waals surface area contributed by atoms with E-state index in [2.05, 4.69) is 13.8 Å². The summed E-state index contributed by atoms with van der Waals surface area (Å²) >= 11 is 12.0. The number of aryl methyl sites for hydroxylation is 1. The maximum absolute atomic E-state index is 12.1. The van der Waals surface area contributed by atoms with Crippen LogP contribution in [-0.4, -0.2) is 69.7 Å². The predicted molar refractivity (Wildman–Crippen MR) is 106 cm³/mol. The third kappa shape index (κ3) is 6.91. The normalized spacial score (nSPS) is 30.6. The highest BCUT2D eigenvalue weighted by Crippen LogP contribution is 2.65. The van der Waals surface area contributed by atoms with E-state index in [9.17, 15) is 33.4 Å². The molecule has 0 saturated carbocycles. The number of aliphatic hydroxyl groups excluding tert-OH is 1. The van der Waals surface area contributed by atoms with Crippen LogP contribution in [0.4, 0.5) is 0 Å². The van der Waals surface area contributed by atoms with Crippen LogP contribution in [-0.2, 0) is 27.3 Å². The molecule has 0 radical (unpaired) electrons. The fourth-order valence-electron chi connectivity index (χ4n) is 2.63. The van der Waals surface area contributed by atoms with Crippen LogP contribution in [0, 0.1) is 6.92 Å². The molecule has 19 heteroatoms. The summed E-state index contributed by atoms with van der Waals surface area (Å²) in [5.74, 6) is -2.30. The number of phosphoric acid groups is 1. The Morgan fingerprint density at radius 1 is 1.29 bits per heavy atom. The Labute approximate surface area is 185 Å². The first-order valence-corrected chi connectivity index (χ1v) is 14.2. The van der Waals surface area contributed by atoms with Crippen molar-refractivity contribution in [3.63, 3.8) is 0 Å². The molecule has 0 aliphatic carbocycles. The van der Waals surface area contributed by atoms with Crippen LogP contribution in [0.3, 0.4) is 0 Å². The molecule has 0 amide bonds. The van der Waals surface area contributed by atoms with E-state index in [1.54, 1.807) is 6.92 Å². The smallest absolute Gasteiger partial charge is 0.388 e. The van der Waals surface area contributed by atoms with Crippen molar-refractivity contribution < 1.29 is 51.9 Å². The van der Waals surface area contributed by atoms with Crippen molar-refractivity contribution in [3.05, 3.63) is 28.4 Å². The molecule has 0 bridgehead atoms. The van der Waals surface area contributed by atoms with Gasteiger partial charge in [-0.15, -0.1) is 23.2 Å². The van der Waals surface area contributed by atoms with Gasteiger partial charge in [-0.05, 0) is 13.0 Å². The first-order valence-electron chi connectivity index (χ1n) is 8.18. The number of hydrogen-bond donors (Lipinski definition) is 5. The van der Waals surface area contributed by atoms with E-state index in [4.69, 9.17) is 37.7 Å². The SMILES string of the molecule is Cc1ccn([C@@H]2O[C@](CCl)(COP(=O)(O)OP(=O)(O)CP(=O)(O)O)[C@@H](O)[C@H]2Cl)c(=O)n1. The van der Waals surface area contributed by atoms with Gasteiger partial charge in [0.05, 0.1) is 12.5 Å². The van der Waals surface area contributed by atoms with E-state index in [1.807, 2.05) is 0 Å². The summed E-state index contributed by atoms with van der Waals surface area (Å²) < 4.78 is 49.6. The molecule has 1 aliphatic heterocycles. The number of phosphoric ester groups is 1. The van der Waals surface area contributed by atoms with Crippen LogP contribution < -0.4 is 5.69 Å². The van der Waals surface area contributed by atoms with Crippen LogP contribution in [0.25, 0.3) is 0 Å². The molecule has 178 valence electrons. The molecule has 1 fully saturated rings. The van der Waals surface area contributed by atoms with Crippen molar-refractivity contribution in [3.8, 4) is 0 Å². The lowest BCUT2D eigenvalue weighted by atomic mass is 10.00. The van der Waals surface area contributed by atoms with E-state index >= 15 is 0 Å². The van der Waals surface area contributed by atoms with Gasteiger partial charge < -0.3 is 29.4 Å². The Hall–Kier alpha value is -0.170. The van der Waals surface area contributed by atoms with E-state index < -0.39 is 70.4 Å². The molecule has 2 heterocycles. The second-order valence-corrected chi connectivity index (χ2v) is 13.0. The molecule has 2 unspecified atom stereocenters. The molecule has 1 saturated heterocycles. The Morgan fingerprint density at radius 2 is 1.90 bits per heavy atom. The zero-order valence-electron chi connectivity index (χ0n) is 15.6. The number of hydrogen-bond acceptors (Lipinski definition) is 9. The first kappa shape index (κ1) is 27.1. The van der Waals surface area contributed by atoms with Crippen LogP contribution in [0.2, 0.25) is 0 Å². The van der Waals surface area contributed by atoms with Gasteiger partial charge in [-0.1, -0.05) is 0 Å². The summed E-state index contributed by atoms with van der Waals surface area (Å²) in [7, 11) is -15.7. The van der Waals surface area contributed by atoms with Gasteiger partial charge in [-0.2, -0.15) is 4.98 Å². The molecule has 0 spiro atoms. The zero-order chi connectivity index (χ0) is 23.8. The minimum absolute atomic E-state index is 0.403. The van der Waals surface area contributed by atoms with Crippen LogP contribution in [0.1, 0.15) is 11.9 Å². The molecule has 1 aromatic heterocycles. The highest BCUT2D eigenvalue weighted by atomic mass is 35.5. The van der Waals surface area contributed by atoms with Crippen molar-refractivity contribution >= 4 is 46.2 Å². The number of nitrogens with zero attached hydrogens (tertiary/aromatic N) is 2. The number of aromatic nitrogens is 2. The third-order valence-electron chi connectivity index (χ3n) is 4.00. The Bertz CT molecular complexity index is 1020. The van der Waals surface area contributed by atoms with E-state index in [-0.39, 0.29) is 0 Å². The topological polar surface area (TPSA) is 215 Å². The van der Waals surface area contributed by atoms with Crippen molar-refractivity contribution in [2.75, 3.05) is 18.4 Å². The van der Waals surface area contributed by atoms with Gasteiger partial charge in [-0.3, -0.25) is 18.2 Å². The second kappa shape index (κ2) is 9.60. The molecule has 6 atom stereocenters. The molecule has 0 aromatic carbocycles. The number of rotatable bonds is 9. The van der Waals surface area contributed by atoms with E-state index in [0.717, 1.165) is 4.57 Å². The lowest BCUT2D eigenvalue weighted by Crippen LogP contribution is -2.47. The fourth-order valence-corrected chi connectivity index (χ4v) is 7.72. The number of aliphatic hydroxyl groups is 1. The summed E-state index contributed by atoms with van der Waals surface area (Å²) in [6, 6.07) is 1.47. The number of ether oxygens (including phenoxy) is 1. The summed E-state index contributed by atoms with van der Waals surface area (Å²) in [6.07, 6.45) is -1.66. The molecule has 14 nitrogen and oxygen atoms in total. The van der Waals surface area contributed by atoms with Gasteiger partial charge in [0.25, 0.3) is 0 Å². The molecule has 5 N–H and O–H groups in total. The average molecular weight is 547 g/mol. The largest absolute Gasteiger partial charge is 0.479 e. The maximum atomic E-state index is 12.1. The van der Waals surface area contributed by atoms with Crippen LogP contribution in [0.15, 0.2) is 17.1 Å². The van der Waals surface area contributed by atoms with Crippen molar-refractivity contribution in [2.24, 2.45) is 0 Å². The zero-order valence-corrected chi connectivity index (χ0v) is 19.8. The summed E-state index contributed by atoms with van der Waals surface area (Å²) in [4.78, 5) is 52.4. The van der Waals surface area contributed by atoms with Crippen LogP contribution >= 0.6 is 46.2 Å². The van der Waals surface area contributed by atoms with Gasteiger partial charge in [-0.25, -0.2) is 13.7 Å². The third-order valence-corrected chi connectivity index (χ3v) is 10.1. The monoisotopic (exact) mass is 546 g/mol. The minimum Gasteiger partial charge on any atom is -0.388 e. The van der Waals surface area contributed by atoms with Gasteiger partial charge in [0, 0.05) is 11.9 Å². The summed E-state index contributed by atoms with van der Waals surface area (Å²) in [5, 5.41) is 9.20. The fraction of sp³-hybridized carbons (Fsp3) is 0.667. The number of halogens is 2. The minimum atomic E-state index is -5.39. The quantitative estimate of drug-likeness (QED) is 0.210. The van der Waals surface area contributed by atoms with Crippen molar-refractivity contribution in [2.45, 2.75) is 30.2 Å². The Balaban J connectivity index is 2.20. The second-order valence-electron chi connectivity index (χ2n) is 6.62. The maximum Gasteiger partial charge on any atom is 0.479 e. The average Bonchev–Trinajstić information content (AvgIpc) is 2.82. The summed E-state index contributed by atoms with van der Waals surface area (Å²) in [5.41, 5.74) is -2.32. The predicted octanol–water partition coefficient (Wildman–Crippen LogP) is 0.481. The summed E-state index contributed by atoms with van der Waals surface area (Å²) in [6.45, 7) is 0.561. The number of alkyl halides is 2. The van der Waals surface area contributed by atoms with Gasteiger partial charge >= 0.3 is 28.7 Å². The lowest BCUT2D eigenvalue weighted by Gasteiger charge is -2.30. The van der Waals surface area contributed by atoms with Crippen molar-refractivity contribution in [1.82, 2.24) is 9.55 Å². The van der Waals surface area contributed by atoms with Crippen molar-refractivity contribution in [1.29, 1.82) is 0 Å².